The number of methoxy groups -OCH3 is 1. The van der Waals surface area contributed by atoms with Crippen molar-refractivity contribution in [2.45, 2.75) is 6.42 Å². The molecule has 0 fully saturated rings. The summed E-state index contributed by atoms with van der Waals surface area (Å²) >= 11 is 5.30. The molecule has 2 rings (SSSR count). The van der Waals surface area contributed by atoms with E-state index in [1.165, 1.54) is 5.69 Å². The van der Waals surface area contributed by atoms with Crippen molar-refractivity contribution in [2.24, 2.45) is 0 Å². The molecule has 0 bridgehead atoms. The maximum Gasteiger partial charge on any atom is 0.170 e. The third-order valence-corrected chi connectivity index (χ3v) is 3.75. The minimum Gasteiger partial charge on any atom is -0.497 e. The van der Waals surface area contributed by atoms with Crippen LogP contribution in [-0.2, 0) is 0 Å². The van der Waals surface area contributed by atoms with Crippen molar-refractivity contribution in [3.8, 4) is 5.75 Å². The van der Waals surface area contributed by atoms with E-state index >= 15 is 0 Å². The zero-order valence-electron chi connectivity index (χ0n) is 13.6. The predicted molar refractivity (Wildman–Crippen MR) is 102 cm³/mol. The van der Waals surface area contributed by atoms with E-state index < -0.39 is 0 Å². The van der Waals surface area contributed by atoms with Gasteiger partial charge in [0.25, 0.3) is 0 Å². The third-order valence-electron chi connectivity index (χ3n) is 3.50. The molecule has 0 unspecified atom stereocenters. The molecular weight excluding hydrogens is 306 g/mol. The van der Waals surface area contributed by atoms with Gasteiger partial charge in [0.1, 0.15) is 5.75 Å². The molecule has 0 radical (unpaired) electrons. The Balaban J connectivity index is 1.66. The van der Waals surface area contributed by atoms with E-state index in [2.05, 4.69) is 46.8 Å². The Morgan fingerprint density at radius 2 is 1.78 bits per heavy atom. The van der Waals surface area contributed by atoms with Crippen LogP contribution in [0.15, 0.2) is 54.6 Å². The number of ether oxygens (including phenoxy) is 1. The van der Waals surface area contributed by atoms with E-state index in [-0.39, 0.29) is 0 Å². The van der Waals surface area contributed by atoms with Crippen molar-refractivity contribution < 1.29 is 4.74 Å². The van der Waals surface area contributed by atoms with Gasteiger partial charge in [-0.2, -0.15) is 0 Å². The lowest BCUT2D eigenvalue weighted by Gasteiger charge is -2.19. The fourth-order valence-electron chi connectivity index (χ4n) is 2.18. The predicted octanol–water partition coefficient (Wildman–Crippen LogP) is 3.51. The lowest BCUT2D eigenvalue weighted by atomic mass is 10.3. The second-order valence-electron chi connectivity index (χ2n) is 5.22. The molecule has 122 valence electrons. The van der Waals surface area contributed by atoms with E-state index in [1.54, 1.807) is 7.11 Å². The summed E-state index contributed by atoms with van der Waals surface area (Å²) in [7, 11) is 3.75. The highest BCUT2D eigenvalue weighted by Crippen LogP contribution is 2.14. The summed E-state index contributed by atoms with van der Waals surface area (Å²) in [5.74, 6) is 0.832. The van der Waals surface area contributed by atoms with Gasteiger partial charge in [-0.25, -0.2) is 0 Å². The smallest absolute Gasteiger partial charge is 0.170 e. The summed E-state index contributed by atoms with van der Waals surface area (Å²) in [6.45, 7) is 1.81. The molecule has 0 saturated carbocycles. The third kappa shape index (κ3) is 5.79. The van der Waals surface area contributed by atoms with Crippen LogP contribution in [0.25, 0.3) is 0 Å². The Bertz CT molecular complexity index is 601. The Morgan fingerprint density at radius 1 is 1.09 bits per heavy atom. The summed E-state index contributed by atoms with van der Waals surface area (Å²) in [4.78, 5) is 2.24. The molecule has 0 saturated heterocycles. The van der Waals surface area contributed by atoms with Crippen molar-refractivity contribution in [3.63, 3.8) is 0 Å². The first-order valence-electron chi connectivity index (χ1n) is 7.64. The highest BCUT2D eigenvalue weighted by molar-refractivity contribution is 7.80. The molecule has 0 aliphatic rings. The molecule has 2 N–H and O–H groups in total. The minimum atomic E-state index is 0.637. The SMILES string of the molecule is COc1ccc(NC(=S)NCCCN(C)c2ccccc2)cc1. The van der Waals surface area contributed by atoms with Crippen molar-refractivity contribution >= 4 is 28.7 Å². The Labute approximate surface area is 143 Å². The quantitative estimate of drug-likeness (QED) is 0.600. The number of benzene rings is 2. The number of nitrogens with zero attached hydrogens (tertiary/aromatic N) is 1. The van der Waals surface area contributed by atoms with E-state index in [0.717, 1.165) is 30.9 Å². The lowest BCUT2D eigenvalue weighted by Crippen LogP contribution is -2.31. The van der Waals surface area contributed by atoms with E-state index in [9.17, 15) is 0 Å². The second kappa shape index (κ2) is 9.00. The highest BCUT2D eigenvalue weighted by atomic mass is 32.1. The van der Waals surface area contributed by atoms with Crippen LogP contribution >= 0.6 is 12.2 Å². The van der Waals surface area contributed by atoms with Gasteiger partial charge in [-0.3, -0.25) is 0 Å². The van der Waals surface area contributed by atoms with Crippen molar-refractivity contribution in [2.75, 3.05) is 37.5 Å². The summed E-state index contributed by atoms with van der Waals surface area (Å²) in [5, 5.41) is 7.03. The van der Waals surface area contributed by atoms with Crippen LogP contribution in [0.4, 0.5) is 11.4 Å². The molecule has 2 aromatic rings. The van der Waals surface area contributed by atoms with Gasteiger partial charge >= 0.3 is 0 Å². The first-order valence-corrected chi connectivity index (χ1v) is 8.05. The lowest BCUT2D eigenvalue weighted by molar-refractivity contribution is 0.415. The topological polar surface area (TPSA) is 36.5 Å². The average molecular weight is 329 g/mol. The van der Waals surface area contributed by atoms with Gasteiger partial charge in [0, 0.05) is 31.5 Å². The molecule has 0 atom stereocenters. The monoisotopic (exact) mass is 329 g/mol. The molecule has 0 spiro atoms. The van der Waals surface area contributed by atoms with Gasteiger partial charge in [-0.15, -0.1) is 0 Å². The molecule has 4 nitrogen and oxygen atoms in total. The van der Waals surface area contributed by atoms with Crippen LogP contribution in [-0.4, -0.2) is 32.4 Å². The molecule has 2 aromatic carbocycles. The molecule has 0 amide bonds. The number of thiocarbonyl (C=S) groups is 1. The maximum absolute atomic E-state index is 5.30. The van der Waals surface area contributed by atoms with E-state index in [4.69, 9.17) is 17.0 Å². The Hall–Kier alpha value is -2.27. The van der Waals surface area contributed by atoms with E-state index in [0.29, 0.717) is 5.11 Å². The second-order valence-corrected chi connectivity index (χ2v) is 5.63. The number of nitrogens with one attached hydrogen (secondary N) is 2. The zero-order valence-corrected chi connectivity index (χ0v) is 14.4. The van der Waals surface area contributed by atoms with Gasteiger partial charge < -0.3 is 20.3 Å². The van der Waals surface area contributed by atoms with Crippen LogP contribution in [0, 0.1) is 0 Å². The van der Waals surface area contributed by atoms with Crippen LogP contribution in [0.5, 0.6) is 5.75 Å². The largest absolute Gasteiger partial charge is 0.497 e. The van der Waals surface area contributed by atoms with Gasteiger partial charge in [0.05, 0.1) is 7.11 Å². The highest BCUT2D eigenvalue weighted by Gasteiger charge is 2.01. The van der Waals surface area contributed by atoms with Crippen LogP contribution in [0.3, 0.4) is 0 Å². The van der Waals surface area contributed by atoms with E-state index in [1.807, 2.05) is 30.3 Å². The van der Waals surface area contributed by atoms with Crippen molar-refractivity contribution in [1.29, 1.82) is 0 Å². The maximum atomic E-state index is 5.30. The van der Waals surface area contributed by atoms with Crippen LogP contribution < -0.4 is 20.3 Å². The first kappa shape index (κ1) is 17.1. The minimum absolute atomic E-state index is 0.637. The molecule has 0 heterocycles. The summed E-state index contributed by atoms with van der Waals surface area (Å²) in [5.41, 5.74) is 2.18. The number of rotatable bonds is 7. The first-order chi connectivity index (χ1) is 11.2. The summed E-state index contributed by atoms with van der Waals surface area (Å²) < 4.78 is 5.13. The van der Waals surface area contributed by atoms with Crippen molar-refractivity contribution in [1.82, 2.24) is 5.32 Å². The number of para-hydroxylation sites is 1. The van der Waals surface area contributed by atoms with Crippen molar-refractivity contribution in [3.05, 3.63) is 54.6 Å². The van der Waals surface area contributed by atoms with Gasteiger partial charge in [0.15, 0.2) is 5.11 Å². The molecular formula is C18H23N3OS. The van der Waals surface area contributed by atoms with Crippen LogP contribution in [0.1, 0.15) is 6.42 Å². The summed E-state index contributed by atoms with van der Waals surface area (Å²) in [6, 6.07) is 18.1. The average Bonchev–Trinajstić information content (AvgIpc) is 2.60. The zero-order chi connectivity index (χ0) is 16.5. The van der Waals surface area contributed by atoms with Gasteiger partial charge in [-0.05, 0) is 55.0 Å². The van der Waals surface area contributed by atoms with Gasteiger partial charge in [-0.1, -0.05) is 18.2 Å². The fourth-order valence-corrected chi connectivity index (χ4v) is 2.40. The molecule has 0 aliphatic heterocycles. The Morgan fingerprint density at radius 3 is 2.43 bits per heavy atom. The number of hydrogen-bond donors (Lipinski definition) is 2. The summed E-state index contributed by atoms with van der Waals surface area (Å²) in [6.07, 6.45) is 1.01. The molecule has 0 aromatic heterocycles. The normalized spacial score (nSPS) is 10.0. The molecule has 23 heavy (non-hydrogen) atoms. The van der Waals surface area contributed by atoms with Crippen LogP contribution in [0.2, 0.25) is 0 Å². The number of anilines is 2. The molecule has 5 heteroatoms. The standard InChI is InChI=1S/C18H23N3OS/c1-21(16-7-4-3-5-8-16)14-6-13-19-18(23)20-15-9-11-17(22-2)12-10-15/h3-5,7-12H,6,13-14H2,1-2H3,(H2,19,20,23). The molecule has 0 aliphatic carbocycles. The van der Waals surface area contributed by atoms with Gasteiger partial charge in [0.2, 0.25) is 0 Å². The fraction of sp³-hybridized carbons (Fsp3) is 0.278. The number of hydrogen-bond acceptors (Lipinski definition) is 3. The Kier molecular flexibility index (Phi) is 6.69.